The van der Waals surface area contributed by atoms with Crippen molar-refractivity contribution in [3.63, 3.8) is 0 Å². The molecule has 116 valence electrons. The normalized spacial score (nSPS) is 10.7. The van der Waals surface area contributed by atoms with E-state index < -0.39 is 0 Å². The molecule has 0 spiro atoms. The Bertz CT molecular complexity index is 886. The van der Waals surface area contributed by atoms with E-state index in [0.717, 1.165) is 22.3 Å². The first-order valence-corrected chi connectivity index (χ1v) is 7.91. The molecule has 2 nitrogen and oxygen atoms in total. The SMILES string of the molecule is Cc1ccc(-c2ccc(C=NCc3ccccc3)cc2)c(C#N)c1. The average Bonchev–Trinajstić information content (AvgIpc) is 2.63. The maximum absolute atomic E-state index is 9.31. The molecule has 3 rings (SSSR count). The van der Waals surface area contributed by atoms with Gasteiger partial charge in [0.1, 0.15) is 0 Å². The molecule has 0 heterocycles. The Labute approximate surface area is 142 Å². The number of nitrogens with zero attached hydrogens (tertiary/aromatic N) is 2. The van der Waals surface area contributed by atoms with Crippen LogP contribution < -0.4 is 0 Å². The van der Waals surface area contributed by atoms with Crippen LogP contribution in [0.3, 0.4) is 0 Å². The average molecular weight is 310 g/mol. The predicted octanol–water partition coefficient (Wildman–Crippen LogP) is 5.15. The van der Waals surface area contributed by atoms with E-state index in [9.17, 15) is 5.26 Å². The van der Waals surface area contributed by atoms with Gasteiger partial charge in [-0.15, -0.1) is 0 Å². The minimum Gasteiger partial charge on any atom is -0.288 e. The van der Waals surface area contributed by atoms with Gasteiger partial charge in [0.25, 0.3) is 0 Å². The second-order valence-corrected chi connectivity index (χ2v) is 5.74. The van der Waals surface area contributed by atoms with Gasteiger partial charge in [-0.1, -0.05) is 66.7 Å². The number of hydrogen-bond acceptors (Lipinski definition) is 2. The predicted molar refractivity (Wildman–Crippen MR) is 99.1 cm³/mol. The summed E-state index contributed by atoms with van der Waals surface area (Å²) in [5.41, 5.74) is 6.08. The highest BCUT2D eigenvalue weighted by Gasteiger charge is 2.04. The third kappa shape index (κ3) is 3.77. The topological polar surface area (TPSA) is 36.1 Å². The van der Waals surface area contributed by atoms with E-state index in [2.05, 4.69) is 23.2 Å². The standard InChI is InChI=1S/C22H18N2/c1-17-7-12-22(21(13-17)14-23)20-10-8-19(9-11-20)16-24-15-18-5-3-2-4-6-18/h2-13,16H,15H2,1H3. The van der Waals surface area contributed by atoms with Gasteiger partial charge in [-0.05, 0) is 40.8 Å². The van der Waals surface area contributed by atoms with Crippen molar-refractivity contribution in [1.82, 2.24) is 0 Å². The van der Waals surface area contributed by atoms with E-state index in [4.69, 9.17) is 0 Å². The molecule has 0 radical (unpaired) electrons. The summed E-state index contributed by atoms with van der Waals surface area (Å²) in [5.74, 6) is 0. The quantitative estimate of drug-likeness (QED) is 0.614. The van der Waals surface area contributed by atoms with Crippen LogP contribution in [0.25, 0.3) is 11.1 Å². The Morgan fingerprint density at radius 2 is 1.71 bits per heavy atom. The summed E-state index contributed by atoms with van der Waals surface area (Å²) in [7, 11) is 0. The molecule has 0 bridgehead atoms. The Morgan fingerprint density at radius 3 is 2.42 bits per heavy atom. The largest absolute Gasteiger partial charge is 0.288 e. The van der Waals surface area contributed by atoms with Crippen molar-refractivity contribution >= 4 is 6.21 Å². The van der Waals surface area contributed by atoms with Crippen molar-refractivity contribution < 1.29 is 0 Å². The fourth-order valence-electron chi connectivity index (χ4n) is 2.59. The molecule has 0 saturated heterocycles. The van der Waals surface area contributed by atoms with Crippen LogP contribution in [0.15, 0.2) is 77.8 Å². The molecule has 3 aromatic rings. The number of benzene rings is 3. The van der Waals surface area contributed by atoms with Crippen LogP contribution in [0, 0.1) is 18.3 Å². The van der Waals surface area contributed by atoms with Crippen LogP contribution in [0.4, 0.5) is 0 Å². The van der Waals surface area contributed by atoms with E-state index in [-0.39, 0.29) is 0 Å². The number of rotatable bonds is 4. The minimum atomic E-state index is 0.680. The maximum atomic E-state index is 9.31. The summed E-state index contributed by atoms with van der Waals surface area (Å²) in [6.07, 6.45) is 1.89. The van der Waals surface area contributed by atoms with Crippen LogP contribution in [-0.2, 0) is 6.54 Å². The van der Waals surface area contributed by atoms with Crippen molar-refractivity contribution in [3.05, 3.63) is 95.1 Å². The van der Waals surface area contributed by atoms with Crippen LogP contribution in [-0.4, -0.2) is 6.21 Å². The molecular weight excluding hydrogens is 292 g/mol. The van der Waals surface area contributed by atoms with E-state index >= 15 is 0 Å². The summed E-state index contributed by atoms with van der Waals surface area (Å²) in [5, 5.41) is 9.31. The maximum Gasteiger partial charge on any atom is 0.0998 e. The van der Waals surface area contributed by atoms with E-state index in [1.165, 1.54) is 5.56 Å². The first kappa shape index (κ1) is 15.7. The third-order valence-corrected chi connectivity index (χ3v) is 3.87. The van der Waals surface area contributed by atoms with Crippen molar-refractivity contribution in [2.45, 2.75) is 13.5 Å². The summed E-state index contributed by atoms with van der Waals surface area (Å²) in [4.78, 5) is 4.48. The zero-order chi connectivity index (χ0) is 16.8. The molecule has 0 saturated carbocycles. The third-order valence-electron chi connectivity index (χ3n) is 3.87. The number of nitriles is 1. The molecule has 0 amide bonds. The van der Waals surface area contributed by atoms with Crippen molar-refractivity contribution in [2.24, 2.45) is 4.99 Å². The summed E-state index contributed by atoms with van der Waals surface area (Å²) >= 11 is 0. The molecule has 2 heteroatoms. The van der Waals surface area contributed by atoms with Crippen LogP contribution in [0.5, 0.6) is 0 Å². The number of aliphatic imine (C=N–C) groups is 1. The van der Waals surface area contributed by atoms with Crippen LogP contribution in [0.1, 0.15) is 22.3 Å². The highest BCUT2D eigenvalue weighted by atomic mass is 14.7. The minimum absolute atomic E-state index is 0.680. The Balaban J connectivity index is 1.75. The molecule has 0 aromatic heterocycles. The van der Waals surface area contributed by atoms with E-state index in [0.29, 0.717) is 12.1 Å². The summed E-state index contributed by atoms with van der Waals surface area (Å²) < 4.78 is 0. The Morgan fingerprint density at radius 1 is 0.958 bits per heavy atom. The lowest BCUT2D eigenvalue weighted by Crippen LogP contribution is -1.88. The number of hydrogen-bond donors (Lipinski definition) is 0. The molecule has 3 aromatic carbocycles. The van der Waals surface area contributed by atoms with Gasteiger partial charge in [0.05, 0.1) is 18.2 Å². The van der Waals surface area contributed by atoms with Gasteiger partial charge in [0.2, 0.25) is 0 Å². The van der Waals surface area contributed by atoms with Gasteiger partial charge in [-0.3, -0.25) is 4.99 Å². The Hall–Kier alpha value is -3.18. The lowest BCUT2D eigenvalue weighted by molar-refractivity contribution is 1.08. The monoisotopic (exact) mass is 310 g/mol. The molecular formula is C22H18N2. The highest BCUT2D eigenvalue weighted by molar-refractivity contribution is 5.81. The van der Waals surface area contributed by atoms with Crippen molar-refractivity contribution in [2.75, 3.05) is 0 Å². The molecule has 0 aliphatic heterocycles. The van der Waals surface area contributed by atoms with Crippen LogP contribution in [0.2, 0.25) is 0 Å². The summed E-state index contributed by atoms with van der Waals surface area (Å²) in [6.45, 7) is 2.68. The van der Waals surface area contributed by atoms with Gasteiger partial charge in [0.15, 0.2) is 0 Å². The van der Waals surface area contributed by atoms with Gasteiger partial charge in [0, 0.05) is 6.21 Å². The van der Waals surface area contributed by atoms with Gasteiger partial charge >= 0.3 is 0 Å². The fraction of sp³-hybridized carbons (Fsp3) is 0.0909. The lowest BCUT2D eigenvalue weighted by atomic mass is 9.98. The van der Waals surface area contributed by atoms with Crippen LogP contribution >= 0.6 is 0 Å². The zero-order valence-electron chi connectivity index (χ0n) is 13.6. The zero-order valence-corrected chi connectivity index (χ0v) is 13.6. The first-order chi connectivity index (χ1) is 11.8. The van der Waals surface area contributed by atoms with Gasteiger partial charge < -0.3 is 0 Å². The van der Waals surface area contributed by atoms with Gasteiger partial charge in [-0.2, -0.15) is 5.26 Å². The first-order valence-electron chi connectivity index (χ1n) is 7.91. The van der Waals surface area contributed by atoms with E-state index in [1.54, 1.807) is 0 Å². The highest BCUT2D eigenvalue weighted by Crippen LogP contribution is 2.24. The van der Waals surface area contributed by atoms with Crippen molar-refractivity contribution in [1.29, 1.82) is 5.26 Å². The second-order valence-electron chi connectivity index (χ2n) is 5.74. The number of aryl methyl sites for hydroxylation is 1. The molecule has 0 fully saturated rings. The molecule has 0 unspecified atom stereocenters. The lowest BCUT2D eigenvalue weighted by Gasteiger charge is -2.06. The fourth-order valence-corrected chi connectivity index (χ4v) is 2.59. The van der Waals surface area contributed by atoms with Crippen molar-refractivity contribution in [3.8, 4) is 17.2 Å². The Kier molecular flexibility index (Phi) is 4.84. The summed E-state index contributed by atoms with van der Waals surface area (Å²) in [6, 6.07) is 26.6. The molecule has 0 atom stereocenters. The molecule has 0 aliphatic rings. The smallest absolute Gasteiger partial charge is 0.0998 e. The second kappa shape index (κ2) is 7.39. The van der Waals surface area contributed by atoms with Gasteiger partial charge in [-0.25, -0.2) is 0 Å². The molecule has 0 aliphatic carbocycles. The molecule has 0 N–H and O–H groups in total. The molecule has 24 heavy (non-hydrogen) atoms. The van der Waals surface area contributed by atoms with E-state index in [1.807, 2.05) is 73.8 Å².